The van der Waals surface area contributed by atoms with Crippen LogP contribution in [-0.2, 0) is 5.41 Å². The molecular weight excluding hydrogens is 735 g/mol. The van der Waals surface area contributed by atoms with E-state index in [-0.39, 0.29) is 5.41 Å². The predicted molar refractivity (Wildman–Crippen MR) is 258 cm³/mol. The minimum absolute atomic E-state index is 0.249. The molecule has 11 rings (SSSR count). The van der Waals surface area contributed by atoms with Gasteiger partial charge in [-0.25, -0.2) is 0 Å². The largest absolute Gasteiger partial charge is 0.310 e. The van der Waals surface area contributed by atoms with Crippen LogP contribution in [0.3, 0.4) is 0 Å². The first-order chi connectivity index (χ1) is 30.1. The van der Waals surface area contributed by atoms with E-state index in [1.165, 1.54) is 83.1 Å². The molecule has 1 heteroatoms. The SMILES string of the molecule is CC1(c2cccc(-c3ccc(N(c4ccc(-c5cccc6ccccc56)cc4)c4ccc(-c5ccccc5)c(-c5ccccc5)c4)cc3)c2)c2ccccc2-c2ccccc21. The Bertz CT molecular complexity index is 3130. The minimum Gasteiger partial charge on any atom is -0.310 e. The molecule has 0 saturated carbocycles. The summed E-state index contributed by atoms with van der Waals surface area (Å²) in [7, 11) is 0. The maximum Gasteiger partial charge on any atom is 0.0468 e. The van der Waals surface area contributed by atoms with Crippen LogP contribution >= 0.6 is 0 Å². The molecule has 0 amide bonds. The van der Waals surface area contributed by atoms with Crippen molar-refractivity contribution >= 4 is 27.8 Å². The van der Waals surface area contributed by atoms with Crippen molar-refractivity contribution in [3.05, 3.63) is 259 Å². The fraction of sp³-hybridized carbons (Fsp3) is 0.0333. The highest BCUT2D eigenvalue weighted by Crippen LogP contribution is 2.52. The van der Waals surface area contributed by atoms with Crippen LogP contribution in [0, 0.1) is 0 Å². The van der Waals surface area contributed by atoms with E-state index in [1.54, 1.807) is 0 Å². The lowest BCUT2D eigenvalue weighted by Gasteiger charge is -2.29. The van der Waals surface area contributed by atoms with E-state index in [0.29, 0.717) is 0 Å². The van der Waals surface area contributed by atoms with E-state index in [9.17, 15) is 0 Å². The smallest absolute Gasteiger partial charge is 0.0468 e. The predicted octanol–water partition coefficient (Wildman–Crippen LogP) is 16.3. The number of hydrogen-bond donors (Lipinski definition) is 0. The molecule has 0 bridgehead atoms. The number of rotatable bonds is 8. The van der Waals surface area contributed by atoms with Crippen LogP contribution < -0.4 is 4.90 Å². The summed E-state index contributed by atoms with van der Waals surface area (Å²) in [6, 6.07) is 88.7. The van der Waals surface area contributed by atoms with Crippen molar-refractivity contribution in [1.82, 2.24) is 0 Å². The van der Waals surface area contributed by atoms with Crippen molar-refractivity contribution in [3.63, 3.8) is 0 Å². The van der Waals surface area contributed by atoms with Gasteiger partial charge in [-0.2, -0.15) is 0 Å². The van der Waals surface area contributed by atoms with Crippen LogP contribution in [0.1, 0.15) is 23.6 Å². The molecule has 0 unspecified atom stereocenters. The van der Waals surface area contributed by atoms with Gasteiger partial charge in [0.1, 0.15) is 0 Å². The lowest BCUT2D eigenvalue weighted by atomic mass is 9.74. The third kappa shape index (κ3) is 6.34. The zero-order chi connectivity index (χ0) is 40.8. The highest BCUT2D eigenvalue weighted by molar-refractivity contribution is 5.97. The van der Waals surface area contributed by atoms with E-state index in [4.69, 9.17) is 0 Å². The molecule has 0 saturated heterocycles. The molecule has 1 nitrogen and oxygen atoms in total. The minimum atomic E-state index is -0.249. The molecule has 1 aliphatic carbocycles. The molecule has 288 valence electrons. The number of hydrogen-bond acceptors (Lipinski definition) is 1. The monoisotopic (exact) mass is 777 g/mol. The first kappa shape index (κ1) is 36.3. The van der Waals surface area contributed by atoms with Crippen LogP contribution in [0.2, 0.25) is 0 Å². The second-order valence-electron chi connectivity index (χ2n) is 16.2. The molecule has 0 atom stereocenters. The number of nitrogens with zero attached hydrogens (tertiary/aromatic N) is 1. The van der Waals surface area contributed by atoms with E-state index in [2.05, 4.69) is 254 Å². The first-order valence-corrected chi connectivity index (χ1v) is 21.2. The van der Waals surface area contributed by atoms with Gasteiger partial charge in [-0.1, -0.05) is 200 Å². The number of benzene rings is 10. The van der Waals surface area contributed by atoms with E-state index in [1.807, 2.05) is 0 Å². The lowest BCUT2D eigenvalue weighted by Crippen LogP contribution is -2.22. The van der Waals surface area contributed by atoms with E-state index in [0.717, 1.165) is 17.1 Å². The van der Waals surface area contributed by atoms with Gasteiger partial charge in [0.25, 0.3) is 0 Å². The molecule has 10 aromatic rings. The van der Waals surface area contributed by atoms with Gasteiger partial charge in [0.2, 0.25) is 0 Å². The zero-order valence-corrected chi connectivity index (χ0v) is 34.0. The summed E-state index contributed by atoms with van der Waals surface area (Å²) in [5.41, 5.74) is 19.3. The second kappa shape index (κ2) is 15.1. The van der Waals surface area contributed by atoms with Crippen LogP contribution in [0.5, 0.6) is 0 Å². The van der Waals surface area contributed by atoms with Crippen LogP contribution in [0.15, 0.2) is 243 Å². The first-order valence-electron chi connectivity index (χ1n) is 21.2. The zero-order valence-electron chi connectivity index (χ0n) is 34.0. The van der Waals surface area contributed by atoms with Crippen molar-refractivity contribution in [1.29, 1.82) is 0 Å². The molecule has 10 aromatic carbocycles. The molecule has 0 aliphatic heterocycles. The van der Waals surface area contributed by atoms with Gasteiger partial charge in [-0.05, 0) is 132 Å². The normalized spacial score (nSPS) is 12.5. The van der Waals surface area contributed by atoms with E-state index < -0.39 is 0 Å². The third-order valence-corrected chi connectivity index (χ3v) is 12.8. The maximum absolute atomic E-state index is 2.39. The molecule has 0 spiro atoms. The van der Waals surface area contributed by atoms with Gasteiger partial charge in [0.15, 0.2) is 0 Å². The van der Waals surface area contributed by atoms with Crippen molar-refractivity contribution in [2.24, 2.45) is 0 Å². The van der Waals surface area contributed by atoms with Crippen molar-refractivity contribution < 1.29 is 0 Å². The Balaban J connectivity index is 1.02. The van der Waals surface area contributed by atoms with Gasteiger partial charge in [-0.15, -0.1) is 0 Å². The van der Waals surface area contributed by atoms with Crippen LogP contribution in [0.25, 0.3) is 66.4 Å². The summed E-state index contributed by atoms with van der Waals surface area (Å²) < 4.78 is 0. The topological polar surface area (TPSA) is 3.24 Å². The highest BCUT2D eigenvalue weighted by Gasteiger charge is 2.40. The van der Waals surface area contributed by atoms with Crippen molar-refractivity contribution in [2.75, 3.05) is 4.90 Å². The van der Waals surface area contributed by atoms with Gasteiger partial charge < -0.3 is 4.90 Å². The Labute approximate surface area is 358 Å². The molecule has 1 aliphatic rings. The molecule has 0 fully saturated rings. The van der Waals surface area contributed by atoms with Gasteiger partial charge >= 0.3 is 0 Å². The average Bonchev–Trinajstić information content (AvgIpc) is 3.61. The molecule has 0 heterocycles. The Morgan fingerprint density at radius 3 is 1.44 bits per heavy atom. The van der Waals surface area contributed by atoms with Gasteiger partial charge in [0, 0.05) is 22.5 Å². The second-order valence-corrected chi connectivity index (χ2v) is 16.2. The lowest BCUT2D eigenvalue weighted by molar-refractivity contribution is 0.714. The molecule has 0 N–H and O–H groups in total. The molecule has 0 radical (unpaired) electrons. The van der Waals surface area contributed by atoms with Crippen LogP contribution in [0.4, 0.5) is 17.1 Å². The Morgan fingerprint density at radius 1 is 0.295 bits per heavy atom. The van der Waals surface area contributed by atoms with Gasteiger partial charge in [-0.3, -0.25) is 0 Å². The summed E-state index contributed by atoms with van der Waals surface area (Å²) in [5, 5.41) is 2.50. The Hall–Kier alpha value is -7.74. The van der Waals surface area contributed by atoms with Crippen molar-refractivity contribution in [2.45, 2.75) is 12.3 Å². The molecule has 0 aromatic heterocycles. The molecular formula is C60H43N. The van der Waals surface area contributed by atoms with Gasteiger partial charge in [0.05, 0.1) is 0 Å². The summed E-state index contributed by atoms with van der Waals surface area (Å²) in [4.78, 5) is 2.39. The van der Waals surface area contributed by atoms with Crippen LogP contribution in [-0.4, -0.2) is 0 Å². The fourth-order valence-electron chi connectivity index (χ4n) is 9.69. The standard InChI is InChI=1S/C60H43N/c1-60(58-28-12-10-25-55(58)56-26-11-13-29-59(56)60)48-23-14-22-47(40-48)42-30-34-49(35-31-42)61(50-36-32-46(33-37-50)53-27-15-21-44-20-8-9-24-52(44)53)51-38-39-54(43-16-4-2-5-17-43)57(41-51)45-18-6-3-7-19-45/h2-41H,1H3. The summed E-state index contributed by atoms with van der Waals surface area (Å²) in [6.07, 6.45) is 0. The Kier molecular flexibility index (Phi) is 9.02. The molecule has 61 heavy (non-hydrogen) atoms. The summed E-state index contributed by atoms with van der Waals surface area (Å²) in [6.45, 7) is 2.38. The third-order valence-electron chi connectivity index (χ3n) is 12.8. The summed E-state index contributed by atoms with van der Waals surface area (Å²) >= 11 is 0. The van der Waals surface area contributed by atoms with E-state index >= 15 is 0 Å². The van der Waals surface area contributed by atoms with Crippen molar-refractivity contribution in [3.8, 4) is 55.6 Å². The summed E-state index contributed by atoms with van der Waals surface area (Å²) in [5.74, 6) is 0. The Morgan fingerprint density at radius 2 is 0.770 bits per heavy atom. The quantitative estimate of drug-likeness (QED) is 0.149. The maximum atomic E-state index is 2.39. The number of anilines is 3. The number of fused-ring (bicyclic) bond motifs is 4. The fourth-order valence-corrected chi connectivity index (χ4v) is 9.69. The average molecular weight is 778 g/mol. The highest BCUT2D eigenvalue weighted by atomic mass is 15.1.